The lowest BCUT2D eigenvalue weighted by atomic mass is 9.74. The Morgan fingerprint density at radius 3 is 0.982 bits per heavy atom. The van der Waals surface area contributed by atoms with Crippen LogP contribution >= 0.6 is 0 Å². The normalized spacial score (nSPS) is 21.0. The van der Waals surface area contributed by atoms with Crippen LogP contribution in [0.25, 0.3) is 116 Å². The van der Waals surface area contributed by atoms with Crippen molar-refractivity contribution in [3.8, 4) is 50.4 Å². The van der Waals surface area contributed by atoms with Crippen LogP contribution in [0.3, 0.4) is 0 Å². The third kappa shape index (κ3) is 9.63. The summed E-state index contributed by atoms with van der Waals surface area (Å²) in [6.07, 6.45) is 6.94. The smallest absolute Gasteiger partial charge is 0.399 e. The molecule has 3 fully saturated rings. The fourth-order valence-electron chi connectivity index (χ4n) is 20.0. The first-order valence-electron chi connectivity index (χ1n) is 39.5. The highest BCUT2D eigenvalue weighted by Crippen LogP contribution is 2.55. The Morgan fingerprint density at radius 2 is 0.586 bits per heavy atom. The van der Waals surface area contributed by atoms with Crippen molar-refractivity contribution < 1.29 is 27.9 Å². The summed E-state index contributed by atoms with van der Waals surface area (Å²) in [5, 5.41) is 6.88. The van der Waals surface area contributed by atoms with Crippen LogP contribution in [-0.4, -0.2) is 83.6 Å². The lowest BCUT2D eigenvalue weighted by Crippen LogP contribution is -2.46. The molecule has 3 aliphatic heterocycles. The highest BCUT2D eigenvalue weighted by molar-refractivity contribution is 6.63. The van der Waals surface area contributed by atoms with E-state index in [2.05, 4.69) is 325 Å². The molecule has 111 heavy (non-hydrogen) atoms. The minimum Gasteiger partial charge on any atom is -0.399 e. The number of pyridine rings is 3. The fourth-order valence-corrected chi connectivity index (χ4v) is 20.0. The number of nitrogens with zero attached hydrogens (tertiary/aromatic N) is 6. The number of para-hydroxylation sites is 1. The molecule has 15 heteroatoms. The van der Waals surface area contributed by atoms with Crippen molar-refractivity contribution >= 4 is 104 Å². The maximum absolute atomic E-state index is 7.39. The Balaban J connectivity index is 0.549. The fraction of sp³-hybridized carbons (Fsp3) is 0.281. The monoisotopic (exact) mass is 1450 g/mol. The Hall–Kier alpha value is -10.2. The van der Waals surface area contributed by atoms with Crippen molar-refractivity contribution in [2.24, 2.45) is 0 Å². The van der Waals surface area contributed by atoms with Crippen LogP contribution in [-0.2, 0) is 57.0 Å². The molecule has 9 aromatic carbocycles. The van der Waals surface area contributed by atoms with E-state index in [0.29, 0.717) is 12.8 Å². The number of aromatic nitrogens is 6. The average molecular weight is 1460 g/mol. The number of hydrogen-bond donors (Lipinski definition) is 0. The van der Waals surface area contributed by atoms with E-state index in [0.717, 1.165) is 83.1 Å². The number of rotatable bonds is 10. The largest absolute Gasteiger partial charge is 0.494 e. The molecule has 9 heterocycles. The molecule has 2 unspecified atom stereocenters. The Kier molecular flexibility index (Phi) is 14.2. The van der Waals surface area contributed by atoms with Crippen molar-refractivity contribution in [3.63, 3.8) is 0 Å². The molecule has 0 bridgehead atoms. The molecule has 21 rings (SSSR count). The third-order valence-electron chi connectivity index (χ3n) is 27.7. The molecule has 0 spiro atoms. The van der Waals surface area contributed by atoms with Gasteiger partial charge in [-0.3, -0.25) is 13.7 Å². The minimum atomic E-state index is -0.724. The Labute approximate surface area is 649 Å². The minimum absolute atomic E-state index is 0.286. The molecule has 6 aromatic heterocycles. The summed E-state index contributed by atoms with van der Waals surface area (Å²) in [5.74, 6) is 0. The molecular weight excluding hydrogens is 1370 g/mol. The van der Waals surface area contributed by atoms with Gasteiger partial charge >= 0.3 is 21.4 Å². The van der Waals surface area contributed by atoms with Gasteiger partial charge in [-0.15, -0.1) is 0 Å². The van der Waals surface area contributed by atoms with E-state index in [9.17, 15) is 0 Å². The molecule has 0 saturated carbocycles. The second-order valence-electron chi connectivity index (χ2n) is 36.3. The molecule has 548 valence electrons. The molecule has 0 amide bonds. The second kappa shape index (κ2) is 23.0. The van der Waals surface area contributed by atoms with E-state index in [1.807, 2.05) is 24.7 Å². The highest BCUT2D eigenvalue weighted by Gasteiger charge is 2.58. The molecule has 0 radical (unpaired) electrons. The first-order chi connectivity index (χ1) is 52.9. The zero-order valence-electron chi connectivity index (χ0n) is 66.1. The lowest BCUT2D eigenvalue weighted by Gasteiger charge is -2.36. The summed E-state index contributed by atoms with van der Waals surface area (Å²) in [4.78, 5) is 15.2. The van der Waals surface area contributed by atoms with Gasteiger partial charge in [-0.1, -0.05) is 157 Å². The van der Waals surface area contributed by atoms with Gasteiger partial charge in [-0.2, -0.15) is 0 Å². The molecule has 3 saturated heterocycles. The highest BCUT2D eigenvalue weighted by atomic mass is 16.7. The van der Waals surface area contributed by atoms with E-state index in [-0.39, 0.29) is 16.2 Å². The van der Waals surface area contributed by atoms with Crippen LogP contribution in [0.1, 0.15) is 155 Å². The second-order valence-corrected chi connectivity index (χ2v) is 36.3. The van der Waals surface area contributed by atoms with Gasteiger partial charge in [0.15, 0.2) is 0 Å². The Morgan fingerprint density at radius 1 is 0.279 bits per heavy atom. The van der Waals surface area contributed by atoms with Crippen molar-refractivity contribution in [1.82, 2.24) is 28.7 Å². The summed E-state index contributed by atoms with van der Waals surface area (Å²) < 4.78 is 49.2. The van der Waals surface area contributed by atoms with Crippen LogP contribution in [0.5, 0.6) is 0 Å². The van der Waals surface area contributed by atoms with Gasteiger partial charge in [-0.05, 0) is 255 Å². The summed E-state index contributed by atoms with van der Waals surface area (Å²) in [6.45, 7) is 35.7. The van der Waals surface area contributed by atoms with Gasteiger partial charge in [0.25, 0.3) is 0 Å². The third-order valence-corrected chi connectivity index (χ3v) is 27.7. The molecule has 12 nitrogen and oxygen atoms in total. The van der Waals surface area contributed by atoms with Crippen molar-refractivity contribution in [3.05, 3.63) is 269 Å². The molecule has 2 atom stereocenters. The maximum Gasteiger partial charge on any atom is 0.494 e. The van der Waals surface area contributed by atoms with Gasteiger partial charge < -0.3 is 27.9 Å². The van der Waals surface area contributed by atoms with Crippen LogP contribution in [0.2, 0.25) is 0 Å². The van der Waals surface area contributed by atoms with Crippen LogP contribution in [0.4, 0.5) is 0 Å². The number of benzene rings is 9. The quantitative estimate of drug-likeness (QED) is 0.124. The van der Waals surface area contributed by atoms with Crippen molar-refractivity contribution in [1.29, 1.82) is 0 Å². The lowest BCUT2D eigenvalue weighted by molar-refractivity contribution is -0.00853. The van der Waals surface area contributed by atoms with Gasteiger partial charge in [0.05, 0.1) is 50.2 Å². The van der Waals surface area contributed by atoms with Crippen LogP contribution < -0.4 is 16.4 Å². The standard InChI is InChI=1S/C96H89B3N6O6/c1-88(2)74-48-58(97-106-91(7,8)92(9,10)107-97)33-39-64(74)68-43-37-62(52-78(68)88)104-81-31-19-24-56(83(81)72-28-22-46-101-86(72)104)55-96(16)94(13,14)109-99(111-96)60-35-41-66-69-44-38-63(53-79(69)90(5,6)76(66)50-60)105-82-32-20-25-57(84(82)73-29-23-47-102-87(73)105)54-95(15)93(11,12)108-98(110-95)59-34-40-65-67-42-36-61(51-77(67)89(3,4)75(65)49-59)103-80-30-18-17-26-70(80)71-27-21-45-100-85(71)103/h17-53H,54-55H2,1-16H3. The summed E-state index contributed by atoms with van der Waals surface area (Å²) in [7, 11) is -1.62. The first-order valence-corrected chi connectivity index (χ1v) is 39.5. The first kappa shape index (κ1) is 68.8. The van der Waals surface area contributed by atoms with E-state index < -0.39 is 55.0 Å². The average Bonchev–Trinajstić information content (AvgIpc) is 1.56. The molecule has 15 aromatic rings. The summed E-state index contributed by atoms with van der Waals surface area (Å²) in [6, 6.07) is 76.0. The predicted octanol–water partition coefficient (Wildman–Crippen LogP) is 19.4. The molecule has 3 aliphatic carbocycles. The van der Waals surface area contributed by atoms with Gasteiger partial charge in [0.1, 0.15) is 16.9 Å². The summed E-state index contributed by atoms with van der Waals surface area (Å²) in [5.41, 5.74) is 25.2. The van der Waals surface area contributed by atoms with Crippen molar-refractivity contribution in [2.45, 2.75) is 173 Å². The van der Waals surface area contributed by atoms with E-state index in [4.69, 9.17) is 42.9 Å². The van der Waals surface area contributed by atoms with Gasteiger partial charge in [-0.25, -0.2) is 15.0 Å². The summed E-state index contributed by atoms with van der Waals surface area (Å²) >= 11 is 0. The van der Waals surface area contributed by atoms with E-state index >= 15 is 0 Å². The van der Waals surface area contributed by atoms with Gasteiger partial charge in [0.2, 0.25) is 0 Å². The molecule has 0 N–H and O–H groups in total. The SMILES string of the molecule is CC1(C)c2cc(B3OC(C)(C)C(C)(Cc4cccc5c4c4cccnc4n5-c4ccc5c(c4)C(C)(C)c4cc(B6OC(C)(C)C(C)(Cc7cccc8c7c7cccnc7n8-c7ccc8c(c7)C(C)(C)c7cc(B9OC(C)(C)C(C)(C)O9)ccc7-8)O6)ccc4-5)O3)ccc2-c2ccc(-n3c4ccccc4c4cccnc43)cc21. The van der Waals surface area contributed by atoms with Gasteiger partial charge in [0, 0.05) is 97.1 Å². The maximum atomic E-state index is 7.39. The number of hydrogen-bond acceptors (Lipinski definition) is 9. The zero-order chi connectivity index (χ0) is 76.4. The predicted molar refractivity (Wildman–Crippen MR) is 452 cm³/mol. The zero-order valence-corrected chi connectivity index (χ0v) is 66.1. The van der Waals surface area contributed by atoms with E-state index in [1.165, 1.54) is 94.0 Å². The van der Waals surface area contributed by atoms with Crippen LogP contribution in [0, 0.1) is 0 Å². The van der Waals surface area contributed by atoms with E-state index in [1.54, 1.807) is 0 Å². The topological polar surface area (TPSA) is 109 Å². The molecular formula is C96H89B3N6O6. The molecule has 6 aliphatic rings. The van der Waals surface area contributed by atoms with Crippen LogP contribution in [0.15, 0.2) is 225 Å². The van der Waals surface area contributed by atoms with Crippen molar-refractivity contribution in [2.75, 3.05) is 0 Å². The number of fused-ring (bicyclic) bond motifs is 18. The Bertz CT molecular complexity index is 6510.